The van der Waals surface area contributed by atoms with E-state index in [2.05, 4.69) is 15.2 Å². The third-order valence-corrected chi connectivity index (χ3v) is 6.50. The van der Waals surface area contributed by atoms with Gasteiger partial charge in [0.1, 0.15) is 5.69 Å². The van der Waals surface area contributed by atoms with Crippen molar-refractivity contribution >= 4 is 15.9 Å². The molecular weight excluding hydrogens is 372 g/mol. The SMILES string of the molecule is Cn1ccc(C(=O)N2CC(c3nc(C4CCN(S(C)(=O)=O)CC4)no3)C2)n1. The Balaban J connectivity index is 1.33. The monoisotopic (exact) mass is 394 g/mol. The van der Waals surface area contributed by atoms with Gasteiger partial charge in [-0.1, -0.05) is 5.16 Å². The lowest BCUT2D eigenvalue weighted by Crippen LogP contribution is -2.48. The van der Waals surface area contributed by atoms with Gasteiger partial charge in [-0.25, -0.2) is 12.7 Å². The predicted molar refractivity (Wildman–Crippen MR) is 94.5 cm³/mol. The van der Waals surface area contributed by atoms with Crippen molar-refractivity contribution in [1.29, 1.82) is 0 Å². The Morgan fingerprint density at radius 3 is 2.52 bits per heavy atom. The van der Waals surface area contributed by atoms with Gasteiger partial charge in [0.15, 0.2) is 5.82 Å². The van der Waals surface area contributed by atoms with Crippen LogP contribution in [0.5, 0.6) is 0 Å². The zero-order chi connectivity index (χ0) is 19.2. The van der Waals surface area contributed by atoms with Crippen LogP contribution in [0.25, 0.3) is 0 Å². The quantitative estimate of drug-likeness (QED) is 0.727. The second-order valence-corrected chi connectivity index (χ2v) is 9.19. The van der Waals surface area contributed by atoms with E-state index in [1.165, 1.54) is 10.6 Å². The van der Waals surface area contributed by atoms with Crippen LogP contribution in [-0.2, 0) is 17.1 Å². The molecule has 0 spiro atoms. The van der Waals surface area contributed by atoms with E-state index in [0.29, 0.717) is 56.4 Å². The van der Waals surface area contributed by atoms with E-state index in [4.69, 9.17) is 4.52 Å². The first-order valence-electron chi connectivity index (χ1n) is 8.89. The highest BCUT2D eigenvalue weighted by Gasteiger charge is 2.37. The molecule has 2 aliphatic rings. The summed E-state index contributed by atoms with van der Waals surface area (Å²) in [5.74, 6) is 1.22. The molecule has 4 heterocycles. The average molecular weight is 394 g/mol. The molecule has 146 valence electrons. The molecule has 2 fully saturated rings. The number of likely N-dealkylation sites (tertiary alicyclic amines) is 1. The molecule has 2 aromatic rings. The molecule has 0 atom stereocenters. The van der Waals surface area contributed by atoms with Crippen LogP contribution >= 0.6 is 0 Å². The average Bonchev–Trinajstić information content (AvgIpc) is 3.22. The van der Waals surface area contributed by atoms with E-state index >= 15 is 0 Å². The van der Waals surface area contributed by atoms with Crippen LogP contribution in [0.2, 0.25) is 0 Å². The van der Waals surface area contributed by atoms with Gasteiger partial charge in [0.25, 0.3) is 5.91 Å². The highest BCUT2D eigenvalue weighted by atomic mass is 32.2. The van der Waals surface area contributed by atoms with Gasteiger partial charge in [-0.15, -0.1) is 0 Å². The number of hydrogen-bond acceptors (Lipinski definition) is 7. The lowest BCUT2D eigenvalue weighted by atomic mass is 9.97. The van der Waals surface area contributed by atoms with Crippen molar-refractivity contribution in [2.24, 2.45) is 7.05 Å². The van der Waals surface area contributed by atoms with Crippen LogP contribution < -0.4 is 0 Å². The summed E-state index contributed by atoms with van der Waals surface area (Å²) in [4.78, 5) is 18.5. The first-order chi connectivity index (χ1) is 12.8. The number of aryl methyl sites for hydroxylation is 1. The molecule has 27 heavy (non-hydrogen) atoms. The fourth-order valence-corrected chi connectivity index (χ4v) is 4.39. The van der Waals surface area contributed by atoms with Gasteiger partial charge in [-0.3, -0.25) is 9.48 Å². The third-order valence-electron chi connectivity index (χ3n) is 5.20. The smallest absolute Gasteiger partial charge is 0.274 e. The van der Waals surface area contributed by atoms with E-state index in [1.54, 1.807) is 28.9 Å². The minimum Gasteiger partial charge on any atom is -0.339 e. The Bertz CT molecular complexity index is 938. The van der Waals surface area contributed by atoms with Gasteiger partial charge in [-0.05, 0) is 18.9 Å². The molecule has 0 aliphatic carbocycles. The summed E-state index contributed by atoms with van der Waals surface area (Å²) in [6, 6.07) is 1.70. The van der Waals surface area contributed by atoms with E-state index in [-0.39, 0.29) is 17.7 Å². The molecule has 0 N–H and O–H groups in total. The third kappa shape index (κ3) is 3.61. The number of aromatic nitrogens is 4. The van der Waals surface area contributed by atoms with Crippen LogP contribution in [0.4, 0.5) is 0 Å². The molecule has 0 aromatic carbocycles. The maximum absolute atomic E-state index is 12.3. The van der Waals surface area contributed by atoms with Gasteiger partial charge >= 0.3 is 0 Å². The first-order valence-corrected chi connectivity index (χ1v) is 10.7. The lowest BCUT2D eigenvalue weighted by Gasteiger charge is -2.36. The van der Waals surface area contributed by atoms with Crippen molar-refractivity contribution in [2.45, 2.75) is 24.7 Å². The number of sulfonamides is 1. The van der Waals surface area contributed by atoms with Crippen LogP contribution in [0, 0.1) is 0 Å². The number of carbonyl (C=O) groups is 1. The Morgan fingerprint density at radius 1 is 1.22 bits per heavy atom. The fraction of sp³-hybridized carbons (Fsp3) is 0.625. The highest BCUT2D eigenvalue weighted by molar-refractivity contribution is 7.88. The molecular formula is C16H22N6O4S. The summed E-state index contributed by atoms with van der Waals surface area (Å²) in [5, 5.41) is 8.22. The van der Waals surface area contributed by atoms with Crippen molar-refractivity contribution in [3.05, 3.63) is 29.7 Å². The first kappa shape index (κ1) is 18.1. The molecule has 4 rings (SSSR count). The topological polar surface area (TPSA) is 114 Å². The number of rotatable bonds is 4. The number of piperidine rings is 1. The van der Waals surface area contributed by atoms with Crippen LogP contribution in [-0.4, -0.2) is 75.9 Å². The van der Waals surface area contributed by atoms with Crippen LogP contribution in [0.3, 0.4) is 0 Å². The summed E-state index contributed by atoms with van der Waals surface area (Å²) >= 11 is 0. The van der Waals surface area contributed by atoms with Crippen molar-refractivity contribution in [1.82, 2.24) is 29.1 Å². The fourth-order valence-electron chi connectivity index (χ4n) is 3.52. The number of amides is 1. The van der Waals surface area contributed by atoms with E-state index < -0.39 is 10.0 Å². The summed E-state index contributed by atoms with van der Waals surface area (Å²) in [6.07, 6.45) is 4.33. The second-order valence-electron chi connectivity index (χ2n) is 7.21. The minimum absolute atomic E-state index is 0.0371. The van der Waals surface area contributed by atoms with Gasteiger partial charge in [0, 0.05) is 45.3 Å². The van der Waals surface area contributed by atoms with Crippen LogP contribution in [0.1, 0.15) is 46.9 Å². The molecule has 11 heteroatoms. The Hall–Kier alpha value is -2.27. The zero-order valence-electron chi connectivity index (χ0n) is 15.3. The van der Waals surface area contributed by atoms with E-state index in [0.717, 1.165) is 0 Å². The maximum atomic E-state index is 12.3. The summed E-state index contributed by atoms with van der Waals surface area (Å²) in [7, 11) is -1.37. The molecule has 2 aromatic heterocycles. The second kappa shape index (κ2) is 6.71. The Labute approximate surface area is 157 Å². The largest absolute Gasteiger partial charge is 0.339 e. The number of nitrogens with zero attached hydrogens (tertiary/aromatic N) is 6. The number of hydrogen-bond donors (Lipinski definition) is 0. The van der Waals surface area contributed by atoms with Crippen molar-refractivity contribution in [3.8, 4) is 0 Å². The Morgan fingerprint density at radius 2 is 1.93 bits per heavy atom. The summed E-state index contributed by atoms with van der Waals surface area (Å²) < 4.78 is 31.7. The maximum Gasteiger partial charge on any atom is 0.274 e. The summed E-state index contributed by atoms with van der Waals surface area (Å²) in [5.41, 5.74) is 0.430. The molecule has 0 bridgehead atoms. The van der Waals surface area contributed by atoms with Crippen molar-refractivity contribution in [2.75, 3.05) is 32.4 Å². The van der Waals surface area contributed by atoms with Gasteiger partial charge in [0.05, 0.1) is 12.2 Å². The van der Waals surface area contributed by atoms with Gasteiger partial charge in [0.2, 0.25) is 15.9 Å². The molecule has 1 amide bonds. The molecule has 2 saturated heterocycles. The Kier molecular flexibility index (Phi) is 4.50. The van der Waals surface area contributed by atoms with Gasteiger partial charge < -0.3 is 9.42 Å². The highest BCUT2D eigenvalue weighted by Crippen LogP contribution is 2.31. The molecule has 0 radical (unpaired) electrons. The molecule has 10 nitrogen and oxygen atoms in total. The predicted octanol–water partition coefficient (Wildman–Crippen LogP) is 0.182. The molecule has 0 saturated carbocycles. The van der Waals surface area contributed by atoms with E-state index in [9.17, 15) is 13.2 Å². The summed E-state index contributed by atoms with van der Waals surface area (Å²) in [6.45, 7) is 2.01. The van der Waals surface area contributed by atoms with Crippen molar-refractivity contribution in [3.63, 3.8) is 0 Å². The standard InChI is InChI=1S/C16H22N6O4S/c1-20-6-5-13(18-20)16(23)21-9-12(10-21)15-17-14(19-26-15)11-3-7-22(8-4-11)27(2,24)25/h5-6,11-12H,3-4,7-10H2,1-2H3. The number of carbonyl (C=O) groups excluding carboxylic acids is 1. The minimum atomic E-state index is -3.15. The van der Waals surface area contributed by atoms with Crippen LogP contribution in [0.15, 0.2) is 16.8 Å². The lowest BCUT2D eigenvalue weighted by molar-refractivity contribution is 0.0562. The zero-order valence-corrected chi connectivity index (χ0v) is 16.1. The van der Waals surface area contributed by atoms with Gasteiger partial charge in [-0.2, -0.15) is 10.1 Å². The van der Waals surface area contributed by atoms with Crippen molar-refractivity contribution < 1.29 is 17.7 Å². The van der Waals surface area contributed by atoms with E-state index in [1.807, 2.05) is 0 Å². The normalized spacial score (nSPS) is 20.0. The molecule has 2 aliphatic heterocycles. The molecule has 0 unspecified atom stereocenters.